The van der Waals surface area contributed by atoms with Crippen LogP contribution in [0.4, 0.5) is 8.78 Å². The number of ether oxygens (including phenoxy) is 1. The van der Waals surface area contributed by atoms with Crippen molar-refractivity contribution in [1.82, 2.24) is 24.9 Å². The van der Waals surface area contributed by atoms with Crippen LogP contribution in [0.5, 0.6) is 5.75 Å². The van der Waals surface area contributed by atoms with Gasteiger partial charge in [-0.3, -0.25) is 4.40 Å². The first kappa shape index (κ1) is 17.0. The second kappa shape index (κ2) is 6.79. The van der Waals surface area contributed by atoms with E-state index in [1.807, 2.05) is 24.3 Å². The van der Waals surface area contributed by atoms with Crippen LogP contribution in [-0.2, 0) is 0 Å². The van der Waals surface area contributed by atoms with Gasteiger partial charge in [-0.2, -0.15) is 0 Å². The molecular formula is C20H17F2N5O. The smallest absolute Gasteiger partial charge is 0.187 e. The monoisotopic (exact) mass is 381 g/mol. The van der Waals surface area contributed by atoms with Crippen LogP contribution in [0.25, 0.3) is 28.1 Å². The Balaban J connectivity index is 1.58. The minimum absolute atomic E-state index is 0.288. The molecule has 6 nitrogen and oxygen atoms in total. The van der Waals surface area contributed by atoms with Crippen molar-refractivity contribution in [1.29, 1.82) is 0 Å². The summed E-state index contributed by atoms with van der Waals surface area (Å²) in [5.74, 6) is 0.655. The molecule has 2 atom stereocenters. The zero-order chi connectivity index (χ0) is 19.1. The first-order valence-corrected chi connectivity index (χ1v) is 9.11. The van der Waals surface area contributed by atoms with Gasteiger partial charge in [-0.05, 0) is 31.2 Å². The van der Waals surface area contributed by atoms with Crippen molar-refractivity contribution in [3.8, 4) is 17.3 Å². The predicted molar refractivity (Wildman–Crippen MR) is 100 cm³/mol. The van der Waals surface area contributed by atoms with Gasteiger partial charge in [-0.25, -0.2) is 13.8 Å². The number of para-hydroxylation sites is 1. The van der Waals surface area contributed by atoms with E-state index in [2.05, 4.69) is 15.5 Å². The summed E-state index contributed by atoms with van der Waals surface area (Å²) in [6.45, 7) is 1.01. The molecule has 0 amide bonds. The molecule has 0 bridgehead atoms. The Labute approximate surface area is 159 Å². The zero-order valence-electron chi connectivity index (χ0n) is 14.8. The van der Waals surface area contributed by atoms with Crippen molar-refractivity contribution in [2.24, 2.45) is 0 Å². The Hall–Kier alpha value is -3.13. The maximum absolute atomic E-state index is 14.2. The number of piperidine rings is 1. The normalized spacial score (nSPS) is 19.9. The molecule has 0 saturated carbocycles. The highest BCUT2D eigenvalue weighted by molar-refractivity contribution is 5.86. The van der Waals surface area contributed by atoms with Gasteiger partial charge in [0.05, 0.1) is 0 Å². The molecule has 1 aromatic carbocycles. The topological polar surface area (TPSA) is 64.3 Å². The molecule has 5 rings (SSSR count). The average Bonchev–Trinajstić information content (AvgIpc) is 3.12. The highest BCUT2D eigenvalue weighted by atomic mass is 19.1. The first-order valence-electron chi connectivity index (χ1n) is 9.11. The molecule has 28 heavy (non-hydrogen) atoms. The summed E-state index contributed by atoms with van der Waals surface area (Å²) in [5, 5.41) is 12.1. The van der Waals surface area contributed by atoms with Gasteiger partial charge >= 0.3 is 0 Å². The fraction of sp³-hybridized carbons (Fsp3) is 0.250. The Morgan fingerprint density at radius 3 is 2.96 bits per heavy atom. The zero-order valence-corrected chi connectivity index (χ0v) is 14.8. The molecule has 2 unspecified atom stereocenters. The summed E-state index contributed by atoms with van der Waals surface area (Å²) < 4.78 is 35.3. The van der Waals surface area contributed by atoms with E-state index in [9.17, 15) is 8.78 Å². The van der Waals surface area contributed by atoms with Crippen LogP contribution in [0.3, 0.4) is 0 Å². The van der Waals surface area contributed by atoms with Crippen LogP contribution in [0.1, 0.15) is 6.42 Å². The molecule has 1 fully saturated rings. The number of hydrogen-bond acceptors (Lipinski definition) is 5. The van der Waals surface area contributed by atoms with Crippen molar-refractivity contribution in [2.45, 2.75) is 18.7 Å². The maximum Gasteiger partial charge on any atom is 0.187 e. The fourth-order valence-electron chi connectivity index (χ4n) is 3.47. The van der Waals surface area contributed by atoms with Crippen LogP contribution in [0.2, 0.25) is 0 Å². The quantitative estimate of drug-likeness (QED) is 0.591. The van der Waals surface area contributed by atoms with Gasteiger partial charge in [0.15, 0.2) is 11.5 Å². The van der Waals surface area contributed by atoms with E-state index >= 15 is 0 Å². The number of halogens is 2. The van der Waals surface area contributed by atoms with Crippen molar-refractivity contribution in [3.05, 3.63) is 54.5 Å². The third-order valence-corrected chi connectivity index (χ3v) is 4.91. The molecule has 1 saturated heterocycles. The molecule has 1 aliphatic heterocycles. The largest absolute Gasteiger partial charge is 0.485 e. The molecule has 142 valence electrons. The summed E-state index contributed by atoms with van der Waals surface area (Å²) in [4.78, 5) is 4.70. The molecule has 4 aromatic rings. The Morgan fingerprint density at radius 1 is 1.14 bits per heavy atom. The summed E-state index contributed by atoms with van der Waals surface area (Å²) in [5.41, 5.74) is 1.60. The molecule has 1 N–H and O–H groups in total. The van der Waals surface area contributed by atoms with E-state index < -0.39 is 12.3 Å². The first-order chi connectivity index (χ1) is 13.7. The molecule has 0 radical (unpaired) electrons. The number of nitrogens with one attached hydrogen (secondary N) is 1. The number of aromatic nitrogens is 4. The van der Waals surface area contributed by atoms with Gasteiger partial charge in [0.1, 0.15) is 35.1 Å². The van der Waals surface area contributed by atoms with Crippen LogP contribution in [0.15, 0.2) is 48.7 Å². The van der Waals surface area contributed by atoms with E-state index in [0.717, 1.165) is 11.9 Å². The minimum Gasteiger partial charge on any atom is -0.485 e. The molecular weight excluding hydrogens is 364 g/mol. The van der Waals surface area contributed by atoms with Gasteiger partial charge in [0, 0.05) is 24.2 Å². The highest BCUT2D eigenvalue weighted by Crippen LogP contribution is 2.29. The van der Waals surface area contributed by atoms with Gasteiger partial charge in [0.25, 0.3) is 0 Å². The van der Waals surface area contributed by atoms with E-state index in [1.54, 1.807) is 16.7 Å². The Kier molecular flexibility index (Phi) is 4.12. The van der Waals surface area contributed by atoms with Crippen molar-refractivity contribution in [2.75, 3.05) is 13.1 Å². The predicted octanol–water partition coefficient (Wildman–Crippen LogP) is 3.16. The molecule has 0 spiro atoms. The second-order valence-electron chi connectivity index (χ2n) is 6.79. The fourth-order valence-corrected chi connectivity index (χ4v) is 3.47. The van der Waals surface area contributed by atoms with Crippen molar-refractivity contribution >= 4 is 16.6 Å². The highest BCUT2D eigenvalue weighted by Gasteiger charge is 2.27. The SMILES string of the molecule is Fc1ccn2c(-c3ccc4cccc(OC5CCNCC5F)c4n3)nnc2c1. The lowest BCUT2D eigenvalue weighted by Gasteiger charge is -2.27. The van der Waals surface area contributed by atoms with Gasteiger partial charge < -0.3 is 10.1 Å². The molecule has 4 heterocycles. The van der Waals surface area contributed by atoms with Gasteiger partial charge in [-0.15, -0.1) is 10.2 Å². The van der Waals surface area contributed by atoms with Crippen LogP contribution >= 0.6 is 0 Å². The van der Waals surface area contributed by atoms with Crippen LogP contribution in [-0.4, -0.2) is 44.9 Å². The third kappa shape index (κ3) is 2.95. The van der Waals surface area contributed by atoms with Gasteiger partial charge in [0.2, 0.25) is 0 Å². The van der Waals surface area contributed by atoms with Crippen molar-refractivity contribution < 1.29 is 13.5 Å². The number of fused-ring (bicyclic) bond motifs is 2. The lowest BCUT2D eigenvalue weighted by molar-refractivity contribution is 0.0742. The lowest BCUT2D eigenvalue weighted by Crippen LogP contribution is -2.44. The number of pyridine rings is 2. The van der Waals surface area contributed by atoms with E-state index in [4.69, 9.17) is 9.72 Å². The second-order valence-corrected chi connectivity index (χ2v) is 6.79. The number of benzene rings is 1. The van der Waals surface area contributed by atoms with E-state index in [0.29, 0.717) is 34.9 Å². The summed E-state index contributed by atoms with van der Waals surface area (Å²) >= 11 is 0. The summed E-state index contributed by atoms with van der Waals surface area (Å²) in [7, 11) is 0. The number of alkyl halides is 1. The summed E-state index contributed by atoms with van der Waals surface area (Å²) in [6.07, 6.45) is 0.589. The maximum atomic E-state index is 14.2. The van der Waals surface area contributed by atoms with Crippen LogP contribution < -0.4 is 10.1 Å². The summed E-state index contributed by atoms with van der Waals surface area (Å²) in [6, 6.07) is 12.0. The van der Waals surface area contributed by atoms with Gasteiger partial charge in [-0.1, -0.05) is 18.2 Å². The number of nitrogens with zero attached hydrogens (tertiary/aromatic N) is 4. The minimum atomic E-state index is -1.07. The number of rotatable bonds is 3. The van der Waals surface area contributed by atoms with E-state index in [1.165, 1.54) is 12.1 Å². The third-order valence-electron chi connectivity index (χ3n) is 4.91. The molecule has 8 heteroatoms. The average molecular weight is 381 g/mol. The molecule has 3 aromatic heterocycles. The standard InChI is InChI=1S/C20H17F2N5O/c21-13-7-9-27-18(10-13)25-26-20(27)15-5-4-12-2-1-3-17(19(12)24-15)28-16-6-8-23-11-14(16)22/h1-5,7,9-10,14,16,23H,6,8,11H2. The number of hydrogen-bond donors (Lipinski definition) is 1. The van der Waals surface area contributed by atoms with Crippen LogP contribution in [0, 0.1) is 5.82 Å². The Bertz CT molecular complexity index is 1160. The molecule has 1 aliphatic rings. The lowest BCUT2D eigenvalue weighted by atomic mass is 10.1. The molecule has 0 aliphatic carbocycles. The van der Waals surface area contributed by atoms with Crippen molar-refractivity contribution in [3.63, 3.8) is 0 Å². The van der Waals surface area contributed by atoms with E-state index in [-0.39, 0.29) is 12.4 Å². The Morgan fingerprint density at radius 2 is 2.07 bits per heavy atom.